The molecule has 2 aromatic rings. The van der Waals surface area contributed by atoms with Crippen molar-refractivity contribution in [2.24, 2.45) is 5.10 Å². The van der Waals surface area contributed by atoms with E-state index in [0.29, 0.717) is 33.3 Å². The summed E-state index contributed by atoms with van der Waals surface area (Å²) < 4.78 is 16.1. The molecule has 3 rings (SSSR count). The number of allylic oxidation sites excluding steroid dienone is 1. The number of urea groups is 1. The topological polar surface area (TPSA) is 127 Å². The second kappa shape index (κ2) is 11.9. The highest BCUT2D eigenvalue weighted by Gasteiger charge is 2.32. The number of hydrogen-bond donors (Lipinski definition) is 3. The van der Waals surface area contributed by atoms with Gasteiger partial charge in [-0.3, -0.25) is 4.79 Å². The Morgan fingerprint density at radius 3 is 2.69 bits per heavy atom. The van der Waals surface area contributed by atoms with E-state index < -0.39 is 23.9 Å². The summed E-state index contributed by atoms with van der Waals surface area (Å²) in [7, 11) is 1.44. The average molecular weight is 501 g/mol. The Hall–Kier alpha value is -4.05. The van der Waals surface area contributed by atoms with Crippen molar-refractivity contribution in [3.05, 3.63) is 69.9 Å². The third kappa shape index (κ3) is 6.51. The molecule has 3 amide bonds. The Labute approximate surface area is 207 Å². The molecule has 184 valence electrons. The van der Waals surface area contributed by atoms with Gasteiger partial charge in [0, 0.05) is 16.3 Å². The number of nitrogens with zero attached hydrogens (tertiary/aromatic N) is 1. The molecule has 0 saturated carbocycles. The third-order valence-electron chi connectivity index (χ3n) is 4.94. The van der Waals surface area contributed by atoms with Crippen LogP contribution in [-0.4, -0.2) is 44.4 Å². The minimum atomic E-state index is -0.756. The summed E-state index contributed by atoms with van der Waals surface area (Å²) in [6, 6.07) is 10.7. The van der Waals surface area contributed by atoms with E-state index in [1.54, 1.807) is 56.3 Å². The molecule has 0 spiro atoms. The zero-order valence-corrected chi connectivity index (χ0v) is 20.1. The van der Waals surface area contributed by atoms with Crippen LogP contribution in [0.5, 0.6) is 11.5 Å². The van der Waals surface area contributed by atoms with Crippen LogP contribution >= 0.6 is 11.6 Å². The van der Waals surface area contributed by atoms with E-state index >= 15 is 0 Å². The number of hydrazone groups is 1. The van der Waals surface area contributed by atoms with Gasteiger partial charge in [0.2, 0.25) is 0 Å². The SMILES string of the molecule is CCOC(=O)C1=C(C)NC(=O)N[C@H]1c1ccc(OCC(=O)N/N=C\c2ccccc2Cl)c(OC)c1. The standard InChI is InChI=1S/C24H25ClN4O6/c1-4-34-23(31)21-14(2)27-24(32)28-22(21)15-9-10-18(19(11-15)33-3)35-13-20(30)29-26-12-16-7-5-6-8-17(16)25/h5-12,22H,4,13H2,1-3H3,(H,29,30)(H2,27,28,32)/b26-12-/t22-/m0/s1. The molecule has 1 atom stereocenters. The van der Waals surface area contributed by atoms with Crippen molar-refractivity contribution in [1.29, 1.82) is 0 Å². The fraction of sp³-hybridized carbons (Fsp3) is 0.250. The van der Waals surface area contributed by atoms with Crippen LogP contribution in [0.25, 0.3) is 0 Å². The molecular formula is C24H25ClN4O6. The summed E-state index contributed by atoms with van der Waals surface area (Å²) in [5, 5.41) is 9.68. The molecule has 2 aromatic carbocycles. The van der Waals surface area contributed by atoms with Gasteiger partial charge in [-0.15, -0.1) is 0 Å². The Morgan fingerprint density at radius 2 is 1.97 bits per heavy atom. The second-order valence-corrected chi connectivity index (χ2v) is 7.71. The van der Waals surface area contributed by atoms with Crippen molar-refractivity contribution >= 4 is 35.7 Å². The Kier molecular flexibility index (Phi) is 8.69. The Morgan fingerprint density at radius 1 is 1.20 bits per heavy atom. The number of ether oxygens (including phenoxy) is 3. The minimum Gasteiger partial charge on any atom is -0.493 e. The second-order valence-electron chi connectivity index (χ2n) is 7.30. The van der Waals surface area contributed by atoms with Crippen LogP contribution in [0.4, 0.5) is 4.79 Å². The molecule has 0 unspecified atom stereocenters. The van der Waals surface area contributed by atoms with Crippen LogP contribution in [-0.2, 0) is 14.3 Å². The van der Waals surface area contributed by atoms with Gasteiger partial charge < -0.3 is 24.8 Å². The maximum Gasteiger partial charge on any atom is 0.338 e. The number of carbonyl (C=O) groups is 3. The van der Waals surface area contributed by atoms with Gasteiger partial charge in [0.05, 0.1) is 31.5 Å². The zero-order chi connectivity index (χ0) is 25.4. The maximum atomic E-state index is 12.5. The number of halogens is 1. The predicted molar refractivity (Wildman–Crippen MR) is 129 cm³/mol. The van der Waals surface area contributed by atoms with Crippen molar-refractivity contribution in [1.82, 2.24) is 16.1 Å². The van der Waals surface area contributed by atoms with E-state index in [1.807, 2.05) is 0 Å². The molecule has 35 heavy (non-hydrogen) atoms. The molecule has 0 saturated heterocycles. The normalized spacial score (nSPS) is 15.3. The fourth-order valence-corrected chi connectivity index (χ4v) is 3.52. The largest absolute Gasteiger partial charge is 0.493 e. The van der Waals surface area contributed by atoms with Crippen LogP contribution in [0.1, 0.15) is 31.0 Å². The van der Waals surface area contributed by atoms with Crippen LogP contribution in [0.2, 0.25) is 5.02 Å². The van der Waals surface area contributed by atoms with Gasteiger partial charge in [-0.25, -0.2) is 15.0 Å². The number of nitrogens with one attached hydrogen (secondary N) is 3. The van der Waals surface area contributed by atoms with E-state index in [4.69, 9.17) is 25.8 Å². The number of amides is 3. The first-order chi connectivity index (χ1) is 16.8. The molecule has 0 fully saturated rings. The van der Waals surface area contributed by atoms with Gasteiger partial charge in [0.1, 0.15) is 0 Å². The van der Waals surface area contributed by atoms with Crippen molar-refractivity contribution in [2.75, 3.05) is 20.3 Å². The lowest BCUT2D eigenvalue weighted by molar-refractivity contribution is -0.139. The van der Waals surface area contributed by atoms with Gasteiger partial charge in [-0.2, -0.15) is 5.10 Å². The monoisotopic (exact) mass is 500 g/mol. The first-order valence-corrected chi connectivity index (χ1v) is 11.0. The summed E-state index contributed by atoms with van der Waals surface area (Å²) >= 11 is 6.04. The smallest absolute Gasteiger partial charge is 0.338 e. The molecule has 0 bridgehead atoms. The first-order valence-electron chi connectivity index (χ1n) is 10.7. The Bertz CT molecular complexity index is 1180. The summed E-state index contributed by atoms with van der Waals surface area (Å²) in [6.45, 7) is 3.19. The van der Waals surface area contributed by atoms with Crippen molar-refractivity contribution in [3.8, 4) is 11.5 Å². The molecular weight excluding hydrogens is 476 g/mol. The van der Waals surface area contributed by atoms with Crippen molar-refractivity contribution < 1.29 is 28.6 Å². The van der Waals surface area contributed by atoms with Crippen LogP contribution < -0.4 is 25.5 Å². The summed E-state index contributed by atoms with van der Waals surface area (Å²) in [4.78, 5) is 36.7. The van der Waals surface area contributed by atoms with E-state index in [9.17, 15) is 14.4 Å². The maximum absolute atomic E-state index is 12.5. The number of rotatable bonds is 9. The Balaban J connectivity index is 1.70. The van der Waals surface area contributed by atoms with Gasteiger partial charge >= 0.3 is 12.0 Å². The zero-order valence-electron chi connectivity index (χ0n) is 19.4. The molecule has 3 N–H and O–H groups in total. The number of carbonyl (C=O) groups excluding carboxylic acids is 3. The number of esters is 1. The van der Waals surface area contributed by atoms with Crippen LogP contribution in [0, 0.1) is 0 Å². The van der Waals surface area contributed by atoms with Crippen molar-refractivity contribution in [3.63, 3.8) is 0 Å². The molecule has 1 aliphatic heterocycles. The molecule has 1 aliphatic rings. The van der Waals surface area contributed by atoms with Crippen LogP contribution in [0.3, 0.4) is 0 Å². The molecule has 11 heteroatoms. The van der Waals surface area contributed by atoms with E-state index in [-0.39, 0.29) is 18.8 Å². The average Bonchev–Trinajstić information content (AvgIpc) is 2.83. The van der Waals surface area contributed by atoms with E-state index in [2.05, 4.69) is 21.2 Å². The van der Waals surface area contributed by atoms with Gasteiger partial charge in [-0.1, -0.05) is 35.9 Å². The third-order valence-corrected chi connectivity index (χ3v) is 5.29. The molecule has 1 heterocycles. The first kappa shape index (κ1) is 25.6. The van der Waals surface area contributed by atoms with E-state index in [0.717, 1.165) is 0 Å². The highest BCUT2D eigenvalue weighted by atomic mass is 35.5. The fourth-order valence-electron chi connectivity index (χ4n) is 3.34. The predicted octanol–water partition coefficient (Wildman–Crippen LogP) is 3.07. The van der Waals surface area contributed by atoms with Gasteiger partial charge in [0.25, 0.3) is 5.91 Å². The molecule has 0 aromatic heterocycles. The number of hydrogen-bond acceptors (Lipinski definition) is 7. The lowest BCUT2D eigenvalue weighted by Crippen LogP contribution is -2.45. The number of methoxy groups -OCH3 is 1. The minimum absolute atomic E-state index is 0.191. The highest BCUT2D eigenvalue weighted by molar-refractivity contribution is 6.33. The highest BCUT2D eigenvalue weighted by Crippen LogP contribution is 2.34. The van der Waals surface area contributed by atoms with Gasteiger partial charge in [-0.05, 0) is 37.6 Å². The summed E-state index contributed by atoms with van der Waals surface area (Å²) in [5.74, 6) is -0.437. The molecule has 0 aliphatic carbocycles. The molecule has 10 nitrogen and oxygen atoms in total. The van der Waals surface area contributed by atoms with Gasteiger partial charge in [0.15, 0.2) is 18.1 Å². The summed E-state index contributed by atoms with van der Waals surface area (Å²) in [5.41, 5.74) is 4.26. The number of benzene rings is 2. The van der Waals surface area contributed by atoms with E-state index in [1.165, 1.54) is 13.3 Å². The molecule has 0 radical (unpaired) electrons. The van der Waals surface area contributed by atoms with Crippen molar-refractivity contribution in [2.45, 2.75) is 19.9 Å². The lowest BCUT2D eigenvalue weighted by Gasteiger charge is -2.28. The lowest BCUT2D eigenvalue weighted by atomic mass is 9.95. The quantitative estimate of drug-likeness (QED) is 0.276. The summed E-state index contributed by atoms with van der Waals surface area (Å²) in [6.07, 6.45) is 1.43. The van der Waals surface area contributed by atoms with Crippen LogP contribution in [0.15, 0.2) is 58.8 Å².